The third-order valence-corrected chi connectivity index (χ3v) is 0.394. The summed E-state index contributed by atoms with van der Waals surface area (Å²) in [5, 5.41) is 0. The van der Waals surface area contributed by atoms with E-state index in [1.807, 2.05) is 0 Å². The molecule has 0 spiro atoms. The first kappa shape index (κ1) is 9.45. The fraction of sp³-hybridized carbons (Fsp3) is 0.429. The third-order valence-electron chi connectivity index (χ3n) is 0.394. The van der Waals surface area contributed by atoms with Crippen LogP contribution in [0.5, 0.6) is 0 Å². The number of rotatable bonds is 1. The van der Waals surface area contributed by atoms with E-state index in [1.165, 1.54) is 0 Å². The van der Waals surface area contributed by atoms with Crippen LogP contribution in [0.15, 0.2) is 0 Å². The number of hydrogen-bond acceptors (Lipinski definition) is 0. The number of unbranched alkanes of at least 4 members (excludes halogenated alkanes) is 1. The van der Waals surface area contributed by atoms with Crippen molar-refractivity contribution in [2.75, 3.05) is 0 Å². The molecule has 0 heteroatoms. The van der Waals surface area contributed by atoms with Crippen LogP contribution in [0.2, 0.25) is 0 Å². The number of hydrogen-bond donors (Lipinski definition) is 0. The highest BCUT2D eigenvalue weighted by atomic mass is 13.7. The molecular weight excluding hydrogens is 84.1 g/mol. The molecule has 7 heavy (non-hydrogen) atoms. The minimum atomic E-state index is 0.917. The second-order valence-corrected chi connectivity index (χ2v) is 0.954. The van der Waals surface area contributed by atoms with Crippen molar-refractivity contribution in [3.8, 4) is 25.2 Å². The molecule has 0 aromatic carbocycles. The van der Waals surface area contributed by atoms with Gasteiger partial charge in [-0.05, 0) is 6.42 Å². The first-order valence-corrected chi connectivity index (χ1v) is 2.18. The maximum atomic E-state index is 4.89. The molecule has 0 aromatic rings. The van der Waals surface area contributed by atoms with Crippen molar-refractivity contribution in [3.63, 3.8) is 0 Å². The van der Waals surface area contributed by atoms with Crippen LogP contribution in [-0.4, -0.2) is 0 Å². The lowest BCUT2D eigenvalue weighted by atomic mass is 10.4. The van der Waals surface area contributed by atoms with Crippen LogP contribution in [0.25, 0.3) is 0 Å². The lowest BCUT2D eigenvalue weighted by molar-refractivity contribution is 0.984. The Balaban J connectivity index is 0. The van der Waals surface area contributed by atoms with Crippen LogP contribution in [-0.2, 0) is 0 Å². The summed E-state index contributed by atoms with van der Waals surface area (Å²) in [4.78, 5) is 0. The molecular formula is C7H10. The minimum absolute atomic E-state index is 0.917. The van der Waals surface area contributed by atoms with E-state index in [2.05, 4.69) is 25.7 Å². The number of terminal acetylenes is 2. The monoisotopic (exact) mass is 94.1 g/mol. The molecule has 0 radical (unpaired) electrons. The van der Waals surface area contributed by atoms with Crippen molar-refractivity contribution in [1.82, 2.24) is 0 Å². The van der Waals surface area contributed by atoms with E-state index in [4.69, 9.17) is 6.42 Å². The van der Waals surface area contributed by atoms with Gasteiger partial charge >= 0.3 is 0 Å². The lowest BCUT2D eigenvalue weighted by Gasteiger charge is -1.69. The van der Waals surface area contributed by atoms with Gasteiger partial charge in [-0.15, -0.1) is 25.2 Å². The molecule has 0 unspecified atom stereocenters. The zero-order valence-electron chi connectivity index (χ0n) is 4.65. The van der Waals surface area contributed by atoms with E-state index in [-0.39, 0.29) is 0 Å². The third kappa shape index (κ3) is 39.7. The van der Waals surface area contributed by atoms with Gasteiger partial charge < -0.3 is 0 Å². The van der Waals surface area contributed by atoms with Gasteiger partial charge in [-0.2, -0.15) is 0 Å². The summed E-state index contributed by atoms with van der Waals surface area (Å²) in [5.74, 6) is 2.52. The summed E-state index contributed by atoms with van der Waals surface area (Å²) in [7, 11) is 0. The molecule has 0 heterocycles. The van der Waals surface area contributed by atoms with Crippen molar-refractivity contribution < 1.29 is 0 Å². The molecule has 38 valence electrons. The molecule has 0 bridgehead atoms. The molecule has 0 saturated heterocycles. The molecule has 0 aliphatic carbocycles. The standard InChI is InChI=1S/C5H8.C2H2/c1-3-5-4-2;1-2/h1H,4-5H2,2H3;1-2H. The maximum absolute atomic E-state index is 4.89. The van der Waals surface area contributed by atoms with Gasteiger partial charge in [-0.1, -0.05) is 6.92 Å². The Morgan fingerprint density at radius 2 is 1.86 bits per heavy atom. The van der Waals surface area contributed by atoms with E-state index in [0.717, 1.165) is 12.8 Å². The Labute approximate surface area is 45.9 Å². The first-order chi connectivity index (χ1) is 3.41. The molecule has 0 aliphatic rings. The van der Waals surface area contributed by atoms with Crippen molar-refractivity contribution in [2.45, 2.75) is 19.8 Å². The summed E-state index contributed by atoms with van der Waals surface area (Å²) in [5.41, 5.74) is 0. The summed E-state index contributed by atoms with van der Waals surface area (Å²) in [6.45, 7) is 2.07. The van der Waals surface area contributed by atoms with Crippen LogP contribution in [0.4, 0.5) is 0 Å². The fourth-order valence-corrected chi connectivity index (χ4v) is 0.144. The zero-order valence-corrected chi connectivity index (χ0v) is 4.65. The van der Waals surface area contributed by atoms with Gasteiger partial charge in [0.25, 0.3) is 0 Å². The zero-order chi connectivity index (χ0) is 6.12. The highest BCUT2D eigenvalue weighted by Gasteiger charge is 1.61. The Morgan fingerprint density at radius 3 is 1.86 bits per heavy atom. The van der Waals surface area contributed by atoms with E-state index in [9.17, 15) is 0 Å². The van der Waals surface area contributed by atoms with Crippen molar-refractivity contribution in [2.24, 2.45) is 0 Å². The Bertz CT molecular complexity index is 61.8. The molecule has 0 fully saturated rings. The van der Waals surface area contributed by atoms with Gasteiger partial charge in [0.15, 0.2) is 0 Å². The topological polar surface area (TPSA) is 0 Å². The highest BCUT2D eigenvalue weighted by Crippen LogP contribution is 1.77. The molecule has 0 atom stereocenters. The summed E-state index contributed by atoms with van der Waals surface area (Å²) in [6.07, 6.45) is 14.9. The molecule has 0 aromatic heterocycles. The summed E-state index contributed by atoms with van der Waals surface area (Å²) >= 11 is 0. The van der Waals surface area contributed by atoms with Gasteiger partial charge in [-0.3, -0.25) is 0 Å². The van der Waals surface area contributed by atoms with Crippen molar-refractivity contribution >= 4 is 0 Å². The molecule has 0 saturated carbocycles. The van der Waals surface area contributed by atoms with Crippen LogP contribution in [0, 0.1) is 25.2 Å². The normalized spacial score (nSPS) is 4.86. The van der Waals surface area contributed by atoms with Gasteiger partial charge in [0.2, 0.25) is 0 Å². The Kier molecular flexibility index (Phi) is 26.1. The van der Waals surface area contributed by atoms with Gasteiger partial charge in [0.05, 0.1) is 0 Å². The minimum Gasteiger partial charge on any atom is -0.124 e. The predicted octanol–water partition coefficient (Wildman–Crippen LogP) is 1.67. The predicted molar refractivity (Wildman–Crippen MR) is 33.6 cm³/mol. The van der Waals surface area contributed by atoms with E-state index < -0.39 is 0 Å². The maximum Gasteiger partial charge on any atom is 0.00834 e. The van der Waals surface area contributed by atoms with Crippen LogP contribution in [0.3, 0.4) is 0 Å². The smallest absolute Gasteiger partial charge is 0.00834 e. The molecule has 0 aliphatic heterocycles. The quantitative estimate of drug-likeness (QED) is 0.433. The first-order valence-electron chi connectivity index (χ1n) is 2.18. The van der Waals surface area contributed by atoms with Gasteiger partial charge in [-0.25, -0.2) is 0 Å². The van der Waals surface area contributed by atoms with Crippen molar-refractivity contribution in [3.05, 3.63) is 0 Å². The largest absolute Gasteiger partial charge is 0.124 e. The Morgan fingerprint density at radius 1 is 1.43 bits per heavy atom. The lowest BCUT2D eigenvalue weighted by Crippen LogP contribution is -1.53. The van der Waals surface area contributed by atoms with Crippen LogP contribution < -0.4 is 0 Å². The highest BCUT2D eigenvalue weighted by molar-refractivity contribution is 4.81. The van der Waals surface area contributed by atoms with E-state index >= 15 is 0 Å². The summed E-state index contributed by atoms with van der Waals surface area (Å²) in [6, 6.07) is 0. The van der Waals surface area contributed by atoms with Crippen LogP contribution in [0.1, 0.15) is 19.8 Å². The molecule has 0 N–H and O–H groups in total. The second kappa shape index (κ2) is 19.3. The second-order valence-electron chi connectivity index (χ2n) is 0.954. The van der Waals surface area contributed by atoms with Gasteiger partial charge in [0.1, 0.15) is 0 Å². The average Bonchev–Trinajstić information content (AvgIpc) is 1.75. The molecule has 0 amide bonds. The van der Waals surface area contributed by atoms with Crippen LogP contribution >= 0.6 is 0 Å². The molecule has 0 rings (SSSR count). The van der Waals surface area contributed by atoms with Crippen molar-refractivity contribution in [1.29, 1.82) is 0 Å². The SMILES string of the molecule is C#C.C#CCCC. The summed E-state index contributed by atoms with van der Waals surface area (Å²) < 4.78 is 0. The van der Waals surface area contributed by atoms with E-state index in [0.29, 0.717) is 0 Å². The Hall–Kier alpha value is -0.880. The van der Waals surface area contributed by atoms with Gasteiger partial charge in [0, 0.05) is 6.42 Å². The van der Waals surface area contributed by atoms with E-state index in [1.54, 1.807) is 0 Å². The molecule has 0 nitrogen and oxygen atoms in total. The fourth-order valence-electron chi connectivity index (χ4n) is 0.144. The average molecular weight is 94.2 g/mol.